The quantitative estimate of drug-likeness (QED) is 0.351. The number of rotatable bonds is 9. The van der Waals surface area contributed by atoms with E-state index in [9.17, 15) is 10.2 Å². The van der Waals surface area contributed by atoms with Gasteiger partial charge in [-0.3, -0.25) is 0 Å². The SMILES string of the molecule is COc1ccc(C(O)(c2ccc(OC)cc2)C(O)(c2ccc(OC)cc2)c2ccc(OC)cc2)cc1. The second-order valence-corrected chi connectivity index (χ2v) is 8.33. The Morgan fingerprint density at radius 2 is 0.528 bits per heavy atom. The lowest BCUT2D eigenvalue weighted by Gasteiger charge is -2.45. The Morgan fingerprint density at radius 1 is 0.361 bits per heavy atom. The number of hydrogen-bond donors (Lipinski definition) is 2. The predicted octanol–water partition coefficient (Wildman–Crippen LogP) is 4.89. The normalized spacial score (nSPS) is 11.6. The van der Waals surface area contributed by atoms with Crippen molar-refractivity contribution in [2.75, 3.05) is 28.4 Å². The molecule has 0 heterocycles. The van der Waals surface area contributed by atoms with Gasteiger partial charge >= 0.3 is 0 Å². The van der Waals surface area contributed by atoms with Gasteiger partial charge in [0, 0.05) is 0 Å². The number of aliphatic hydroxyl groups is 2. The van der Waals surface area contributed by atoms with Crippen LogP contribution < -0.4 is 18.9 Å². The highest BCUT2D eigenvalue weighted by molar-refractivity contribution is 5.53. The lowest BCUT2D eigenvalue weighted by molar-refractivity contribution is -0.113. The van der Waals surface area contributed by atoms with Gasteiger partial charge in [-0.15, -0.1) is 0 Å². The van der Waals surface area contributed by atoms with Gasteiger partial charge in [0.05, 0.1) is 28.4 Å². The van der Waals surface area contributed by atoms with Crippen molar-refractivity contribution in [1.29, 1.82) is 0 Å². The van der Waals surface area contributed by atoms with E-state index in [4.69, 9.17) is 18.9 Å². The Bertz CT molecular complexity index is 1070. The maximum atomic E-state index is 12.8. The molecule has 0 saturated carbocycles. The van der Waals surface area contributed by atoms with Gasteiger partial charge in [-0.25, -0.2) is 0 Å². The molecule has 0 unspecified atom stereocenters. The fourth-order valence-electron chi connectivity index (χ4n) is 4.50. The van der Waals surface area contributed by atoms with Crippen molar-refractivity contribution < 1.29 is 29.2 Å². The Labute approximate surface area is 211 Å². The molecule has 0 aromatic heterocycles. The van der Waals surface area contributed by atoms with Gasteiger partial charge in [0.15, 0.2) is 11.2 Å². The Kier molecular flexibility index (Phi) is 7.20. The second kappa shape index (κ2) is 10.3. The molecule has 0 bridgehead atoms. The highest BCUT2D eigenvalue weighted by Gasteiger charge is 2.54. The molecule has 0 spiro atoms. The summed E-state index contributed by atoms with van der Waals surface area (Å²) < 4.78 is 21.3. The molecule has 4 aromatic carbocycles. The third-order valence-corrected chi connectivity index (χ3v) is 6.55. The number of benzene rings is 4. The topological polar surface area (TPSA) is 77.4 Å². The zero-order valence-electron chi connectivity index (χ0n) is 20.8. The maximum Gasteiger partial charge on any atom is 0.152 e. The van der Waals surface area contributed by atoms with Crippen LogP contribution in [0.3, 0.4) is 0 Å². The van der Waals surface area contributed by atoms with Crippen LogP contribution in [0.1, 0.15) is 22.3 Å². The van der Waals surface area contributed by atoms with Crippen LogP contribution in [0.4, 0.5) is 0 Å². The van der Waals surface area contributed by atoms with Crippen LogP contribution in [0.25, 0.3) is 0 Å². The Balaban J connectivity index is 2.04. The highest BCUT2D eigenvalue weighted by Crippen LogP contribution is 2.50. The molecular weight excluding hydrogens is 456 g/mol. The van der Waals surface area contributed by atoms with Gasteiger partial charge in [0.1, 0.15) is 23.0 Å². The summed E-state index contributed by atoms with van der Waals surface area (Å²) in [5, 5.41) is 25.5. The lowest BCUT2D eigenvalue weighted by Crippen LogP contribution is -2.51. The van der Waals surface area contributed by atoms with E-state index in [1.54, 1.807) is 126 Å². The molecule has 0 atom stereocenters. The van der Waals surface area contributed by atoms with Crippen LogP contribution in [0.2, 0.25) is 0 Å². The van der Waals surface area contributed by atoms with E-state index < -0.39 is 11.2 Å². The van der Waals surface area contributed by atoms with E-state index in [0.29, 0.717) is 45.3 Å². The molecule has 4 rings (SSSR count). The maximum absolute atomic E-state index is 12.8. The summed E-state index contributed by atoms with van der Waals surface area (Å²) in [6, 6.07) is 28.1. The summed E-state index contributed by atoms with van der Waals surface area (Å²) in [4.78, 5) is 0. The first kappa shape index (κ1) is 25.1. The van der Waals surface area contributed by atoms with E-state index in [1.807, 2.05) is 0 Å². The highest BCUT2D eigenvalue weighted by atomic mass is 16.5. The van der Waals surface area contributed by atoms with Gasteiger partial charge in [-0.1, -0.05) is 48.5 Å². The Morgan fingerprint density at radius 3 is 0.667 bits per heavy atom. The minimum absolute atomic E-state index is 0.475. The molecule has 0 amide bonds. The molecule has 0 aliphatic rings. The molecule has 0 radical (unpaired) electrons. The zero-order valence-corrected chi connectivity index (χ0v) is 20.8. The Hall–Kier alpha value is -4.00. The third kappa shape index (κ3) is 4.26. The summed E-state index contributed by atoms with van der Waals surface area (Å²) in [6.45, 7) is 0. The van der Waals surface area contributed by atoms with Gasteiger partial charge in [0.25, 0.3) is 0 Å². The molecule has 6 nitrogen and oxygen atoms in total. The van der Waals surface area contributed by atoms with Crippen LogP contribution in [0, 0.1) is 0 Å². The van der Waals surface area contributed by atoms with Gasteiger partial charge in [-0.2, -0.15) is 0 Å². The second-order valence-electron chi connectivity index (χ2n) is 8.33. The van der Waals surface area contributed by atoms with Crippen molar-refractivity contribution >= 4 is 0 Å². The van der Waals surface area contributed by atoms with Gasteiger partial charge in [0.2, 0.25) is 0 Å². The van der Waals surface area contributed by atoms with Crippen LogP contribution in [-0.2, 0) is 11.2 Å². The van der Waals surface area contributed by atoms with Gasteiger partial charge < -0.3 is 29.2 Å². The van der Waals surface area contributed by atoms with Crippen molar-refractivity contribution in [2.45, 2.75) is 11.2 Å². The summed E-state index contributed by atoms with van der Waals surface area (Å²) in [5.41, 5.74) is -1.95. The monoisotopic (exact) mass is 486 g/mol. The van der Waals surface area contributed by atoms with Crippen LogP contribution in [0.15, 0.2) is 97.1 Å². The van der Waals surface area contributed by atoms with Crippen LogP contribution >= 0.6 is 0 Å². The average molecular weight is 487 g/mol. The van der Waals surface area contributed by atoms with Crippen molar-refractivity contribution in [2.24, 2.45) is 0 Å². The van der Waals surface area contributed by atoms with Crippen molar-refractivity contribution in [3.8, 4) is 23.0 Å². The molecule has 0 aliphatic heterocycles. The van der Waals surface area contributed by atoms with Crippen molar-refractivity contribution in [3.05, 3.63) is 119 Å². The molecule has 4 aromatic rings. The van der Waals surface area contributed by atoms with Crippen LogP contribution in [-0.4, -0.2) is 38.7 Å². The molecule has 0 fully saturated rings. The molecule has 0 saturated heterocycles. The number of hydrogen-bond acceptors (Lipinski definition) is 6. The van der Waals surface area contributed by atoms with Gasteiger partial charge in [-0.05, 0) is 70.8 Å². The zero-order chi connectivity index (χ0) is 25.8. The van der Waals surface area contributed by atoms with E-state index in [1.165, 1.54) is 0 Å². The summed E-state index contributed by atoms with van der Waals surface area (Å²) in [5.74, 6) is 2.53. The minimum Gasteiger partial charge on any atom is -0.497 e. The number of methoxy groups -OCH3 is 4. The van der Waals surface area contributed by atoms with E-state index in [0.717, 1.165) is 0 Å². The fraction of sp³-hybridized carbons (Fsp3) is 0.200. The summed E-state index contributed by atoms with van der Waals surface area (Å²) in [7, 11) is 6.32. The van der Waals surface area contributed by atoms with Crippen molar-refractivity contribution in [3.63, 3.8) is 0 Å². The smallest absolute Gasteiger partial charge is 0.152 e. The van der Waals surface area contributed by atoms with E-state index in [-0.39, 0.29) is 0 Å². The number of ether oxygens (including phenoxy) is 4. The molecule has 0 aliphatic carbocycles. The largest absolute Gasteiger partial charge is 0.497 e. The molecular formula is C30H30O6. The standard InChI is InChI=1S/C30H30O6/c1-33-25-13-5-21(6-14-25)29(31,22-7-15-26(34-2)16-8-22)30(32,23-9-17-27(35-3)18-10-23)24-11-19-28(36-4)20-12-24/h5-20,31-32H,1-4H3. The average Bonchev–Trinajstić information content (AvgIpc) is 2.96. The predicted molar refractivity (Wildman–Crippen MR) is 138 cm³/mol. The summed E-state index contributed by atoms with van der Waals surface area (Å²) in [6.07, 6.45) is 0. The van der Waals surface area contributed by atoms with E-state index in [2.05, 4.69) is 0 Å². The first-order valence-electron chi connectivity index (χ1n) is 11.4. The summed E-state index contributed by atoms with van der Waals surface area (Å²) >= 11 is 0. The van der Waals surface area contributed by atoms with Crippen LogP contribution in [0.5, 0.6) is 23.0 Å². The third-order valence-electron chi connectivity index (χ3n) is 6.55. The molecule has 186 valence electrons. The minimum atomic E-state index is -1.92. The fourth-order valence-corrected chi connectivity index (χ4v) is 4.50. The first-order chi connectivity index (χ1) is 17.4. The molecule has 6 heteroatoms. The van der Waals surface area contributed by atoms with Crippen molar-refractivity contribution in [1.82, 2.24) is 0 Å². The molecule has 2 N–H and O–H groups in total. The first-order valence-corrected chi connectivity index (χ1v) is 11.4. The van der Waals surface area contributed by atoms with E-state index >= 15 is 0 Å². The molecule has 36 heavy (non-hydrogen) atoms. The lowest BCUT2D eigenvalue weighted by atomic mass is 9.66.